The molecule has 1 atom stereocenters. The van der Waals surface area contributed by atoms with Crippen molar-refractivity contribution in [1.82, 2.24) is 15.5 Å². The zero-order chi connectivity index (χ0) is 11.4. The predicted molar refractivity (Wildman–Crippen MR) is 63.4 cm³/mol. The van der Waals surface area contributed by atoms with E-state index in [-0.39, 0.29) is 0 Å². The summed E-state index contributed by atoms with van der Waals surface area (Å²) in [5, 5.41) is 10.6. The van der Waals surface area contributed by atoms with Gasteiger partial charge in [0.15, 0.2) is 0 Å². The Hall–Kier alpha value is -0.870. The van der Waals surface area contributed by atoms with E-state index < -0.39 is 0 Å². The Bertz CT molecular complexity index is 310. The van der Waals surface area contributed by atoms with Crippen molar-refractivity contribution in [3.05, 3.63) is 17.0 Å². The van der Waals surface area contributed by atoms with Gasteiger partial charge in [0.2, 0.25) is 0 Å². The molecule has 1 aromatic rings. The van der Waals surface area contributed by atoms with Gasteiger partial charge in [-0.25, -0.2) is 0 Å². The average Bonchev–Trinajstić information content (AvgIpc) is 2.87. The van der Waals surface area contributed by atoms with Crippen molar-refractivity contribution in [3.63, 3.8) is 0 Å². The summed E-state index contributed by atoms with van der Waals surface area (Å²) in [6.07, 6.45) is 4.06. The molecule has 0 aromatic carbocycles. The fourth-order valence-electron chi connectivity index (χ4n) is 2.18. The highest BCUT2D eigenvalue weighted by molar-refractivity contribution is 5.22. The van der Waals surface area contributed by atoms with Gasteiger partial charge in [-0.1, -0.05) is 0 Å². The van der Waals surface area contributed by atoms with Gasteiger partial charge in [0.25, 0.3) is 0 Å². The largest absolute Gasteiger partial charge is 0.378 e. The summed E-state index contributed by atoms with van der Waals surface area (Å²) in [6.45, 7) is 6.98. The highest BCUT2D eigenvalue weighted by Gasteiger charge is 2.14. The number of hydrogen-bond acceptors (Lipinski definition) is 3. The standard InChI is InChI=1S/C12H21N3O/c1-9-12(10(2)15-14-9)8-13-6-5-11-4-3-7-16-11/h11,13H,3-8H2,1-2H3,(H,14,15). The maximum atomic E-state index is 5.58. The fourth-order valence-corrected chi connectivity index (χ4v) is 2.18. The number of ether oxygens (including phenoxy) is 1. The molecule has 0 aliphatic carbocycles. The van der Waals surface area contributed by atoms with Gasteiger partial charge in [0, 0.05) is 24.4 Å². The van der Waals surface area contributed by atoms with Crippen LogP contribution in [0.3, 0.4) is 0 Å². The molecule has 4 heteroatoms. The van der Waals surface area contributed by atoms with Crippen LogP contribution in [0.25, 0.3) is 0 Å². The van der Waals surface area contributed by atoms with Crippen molar-refractivity contribution in [2.75, 3.05) is 13.2 Å². The van der Waals surface area contributed by atoms with E-state index in [2.05, 4.69) is 22.4 Å². The number of hydrogen-bond donors (Lipinski definition) is 2. The smallest absolute Gasteiger partial charge is 0.0638 e. The summed E-state index contributed by atoms with van der Waals surface area (Å²) >= 11 is 0. The van der Waals surface area contributed by atoms with Crippen LogP contribution in [0.5, 0.6) is 0 Å². The van der Waals surface area contributed by atoms with E-state index in [0.717, 1.165) is 31.8 Å². The predicted octanol–water partition coefficient (Wildman–Crippen LogP) is 1.69. The number of rotatable bonds is 5. The van der Waals surface area contributed by atoms with Crippen LogP contribution >= 0.6 is 0 Å². The van der Waals surface area contributed by atoms with Gasteiger partial charge in [-0.05, 0) is 39.7 Å². The summed E-state index contributed by atoms with van der Waals surface area (Å²) in [4.78, 5) is 0. The lowest BCUT2D eigenvalue weighted by molar-refractivity contribution is 0.104. The normalized spacial score (nSPS) is 20.5. The third-order valence-corrected chi connectivity index (χ3v) is 3.25. The van der Waals surface area contributed by atoms with Gasteiger partial charge in [-0.3, -0.25) is 5.10 Å². The van der Waals surface area contributed by atoms with Crippen LogP contribution in [0.1, 0.15) is 36.2 Å². The van der Waals surface area contributed by atoms with Crippen molar-refractivity contribution < 1.29 is 4.74 Å². The summed E-state index contributed by atoms with van der Waals surface area (Å²) in [6, 6.07) is 0. The Kier molecular flexibility index (Phi) is 3.96. The van der Waals surface area contributed by atoms with Crippen LogP contribution in [-0.2, 0) is 11.3 Å². The van der Waals surface area contributed by atoms with Gasteiger partial charge in [-0.2, -0.15) is 5.10 Å². The molecule has 0 bridgehead atoms. The molecule has 1 aliphatic heterocycles. The molecule has 0 spiro atoms. The Morgan fingerprint density at radius 1 is 1.50 bits per heavy atom. The molecule has 1 aromatic heterocycles. The van der Waals surface area contributed by atoms with Crippen molar-refractivity contribution in [2.45, 2.75) is 45.8 Å². The molecule has 1 unspecified atom stereocenters. The van der Waals surface area contributed by atoms with Crippen LogP contribution in [0.2, 0.25) is 0 Å². The lowest BCUT2D eigenvalue weighted by Crippen LogP contribution is -2.20. The van der Waals surface area contributed by atoms with E-state index in [1.807, 2.05) is 6.92 Å². The molecule has 2 rings (SSSR count). The second kappa shape index (κ2) is 5.46. The highest BCUT2D eigenvalue weighted by Crippen LogP contribution is 2.14. The van der Waals surface area contributed by atoms with Crippen LogP contribution < -0.4 is 5.32 Å². The maximum absolute atomic E-state index is 5.58. The van der Waals surface area contributed by atoms with Gasteiger partial charge in [0.05, 0.1) is 11.8 Å². The molecule has 2 heterocycles. The lowest BCUT2D eigenvalue weighted by atomic mass is 10.1. The molecule has 1 saturated heterocycles. The van der Waals surface area contributed by atoms with E-state index in [4.69, 9.17) is 4.74 Å². The molecular formula is C12H21N3O. The number of nitrogens with zero attached hydrogens (tertiary/aromatic N) is 1. The zero-order valence-corrected chi connectivity index (χ0v) is 10.2. The lowest BCUT2D eigenvalue weighted by Gasteiger charge is -2.10. The Morgan fingerprint density at radius 3 is 3.00 bits per heavy atom. The van der Waals surface area contributed by atoms with E-state index in [9.17, 15) is 0 Å². The molecule has 90 valence electrons. The molecule has 1 fully saturated rings. The maximum Gasteiger partial charge on any atom is 0.0638 e. The summed E-state index contributed by atoms with van der Waals surface area (Å²) in [7, 11) is 0. The quantitative estimate of drug-likeness (QED) is 0.747. The summed E-state index contributed by atoms with van der Waals surface area (Å²) in [5.74, 6) is 0. The molecule has 0 saturated carbocycles. The molecular weight excluding hydrogens is 202 g/mol. The van der Waals surface area contributed by atoms with Crippen molar-refractivity contribution in [3.8, 4) is 0 Å². The Labute approximate surface area is 96.8 Å². The first-order valence-electron chi connectivity index (χ1n) is 6.10. The molecule has 0 radical (unpaired) electrons. The molecule has 4 nitrogen and oxygen atoms in total. The minimum Gasteiger partial charge on any atom is -0.378 e. The number of nitrogens with one attached hydrogen (secondary N) is 2. The number of aromatic amines is 1. The van der Waals surface area contributed by atoms with Crippen LogP contribution in [0, 0.1) is 13.8 Å². The average molecular weight is 223 g/mol. The van der Waals surface area contributed by atoms with Crippen molar-refractivity contribution in [2.24, 2.45) is 0 Å². The monoisotopic (exact) mass is 223 g/mol. The Balaban J connectivity index is 1.67. The van der Waals surface area contributed by atoms with Gasteiger partial charge < -0.3 is 10.1 Å². The SMILES string of the molecule is Cc1n[nH]c(C)c1CNCCC1CCCO1. The van der Waals surface area contributed by atoms with Crippen LogP contribution in [0.4, 0.5) is 0 Å². The first kappa shape index (κ1) is 11.6. The second-order valence-electron chi connectivity index (χ2n) is 4.51. The van der Waals surface area contributed by atoms with Gasteiger partial charge >= 0.3 is 0 Å². The number of aryl methyl sites for hydroxylation is 2. The Morgan fingerprint density at radius 2 is 2.38 bits per heavy atom. The number of H-pyrrole nitrogens is 1. The second-order valence-corrected chi connectivity index (χ2v) is 4.51. The van der Waals surface area contributed by atoms with Crippen molar-refractivity contribution in [1.29, 1.82) is 0 Å². The minimum atomic E-state index is 0.485. The number of aromatic nitrogens is 2. The van der Waals surface area contributed by atoms with E-state index in [1.54, 1.807) is 0 Å². The van der Waals surface area contributed by atoms with Crippen molar-refractivity contribution >= 4 is 0 Å². The molecule has 16 heavy (non-hydrogen) atoms. The van der Waals surface area contributed by atoms with Gasteiger partial charge in [0.1, 0.15) is 0 Å². The third kappa shape index (κ3) is 2.83. The van der Waals surface area contributed by atoms with E-state index in [0.29, 0.717) is 6.10 Å². The third-order valence-electron chi connectivity index (χ3n) is 3.25. The first-order chi connectivity index (χ1) is 7.77. The minimum absolute atomic E-state index is 0.485. The molecule has 0 amide bonds. The first-order valence-corrected chi connectivity index (χ1v) is 6.10. The molecule has 1 aliphatic rings. The van der Waals surface area contributed by atoms with E-state index >= 15 is 0 Å². The van der Waals surface area contributed by atoms with Crippen LogP contribution in [0.15, 0.2) is 0 Å². The van der Waals surface area contributed by atoms with E-state index in [1.165, 1.54) is 24.1 Å². The summed E-state index contributed by atoms with van der Waals surface area (Å²) in [5.41, 5.74) is 3.57. The zero-order valence-electron chi connectivity index (χ0n) is 10.2. The summed E-state index contributed by atoms with van der Waals surface area (Å²) < 4.78 is 5.58. The fraction of sp³-hybridized carbons (Fsp3) is 0.750. The van der Waals surface area contributed by atoms with Crippen LogP contribution in [-0.4, -0.2) is 29.5 Å². The van der Waals surface area contributed by atoms with Gasteiger partial charge in [-0.15, -0.1) is 0 Å². The topological polar surface area (TPSA) is 49.9 Å². The molecule has 2 N–H and O–H groups in total. The highest BCUT2D eigenvalue weighted by atomic mass is 16.5.